The first-order chi connectivity index (χ1) is 14.2. The van der Waals surface area contributed by atoms with Gasteiger partial charge in [0.15, 0.2) is 5.16 Å². The average molecular weight is 408 g/mol. The fourth-order valence-corrected chi connectivity index (χ4v) is 4.78. The van der Waals surface area contributed by atoms with E-state index in [1.807, 2.05) is 47.0 Å². The summed E-state index contributed by atoms with van der Waals surface area (Å²) in [6, 6.07) is 17.7. The highest BCUT2D eigenvalue weighted by atomic mass is 32.2. The summed E-state index contributed by atoms with van der Waals surface area (Å²) in [4.78, 5) is 30.2. The van der Waals surface area contributed by atoms with Gasteiger partial charge in [0.2, 0.25) is 5.91 Å². The first-order valence-electron chi connectivity index (χ1n) is 10.2. The zero-order valence-corrected chi connectivity index (χ0v) is 17.2. The Morgan fingerprint density at radius 1 is 1.07 bits per heavy atom. The van der Waals surface area contributed by atoms with Gasteiger partial charge in [0.25, 0.3) is 5.56 Å². The number of carbonyl (C=O) groups excluding carboxylic acids is 1. The van der Waals surface area contributed by atoms with E-state index in [0.29, 0.717) is 22.6 Å². The molecule has 1 aliphatic rings. The van der Waals surface area contributed by atoms with E-state index in [4.69, 9.17) is 4.98 Å². The van der Waals surface area contributed by atoms with Crippen LogP contribution in [0.3, 0.4) is 0 Å². The van der Waals surface area contributed by atoms with Crippen molar-refractivity contribution in [2.24, 2.45) is 0 Å². The minimum atomic E-state index is -0.0358. The van der Waals surface area contributed by atoms with E-state index in [-0.39, 0.29) is 23.3 Å². The number of nitrogens with zero attached hydrogens (tertiary/aromatic N) is 2. The van der Waals surface area contributed by atoms with Crippen LogP contribution in [0.5, 0.6) is 0 Å². The maximum absolute atomic E-state index is 13.1. The van der Waals surface area contributed by atoms with Gasteiger partial charge in [0, 0.05) is 12.6 Å². The largest absolute Gasteiger partial charge is 0.355 e. The number of amides is 1. The summed E-state index contributed by atoms with van der Waals surface area (Å²) >= 11 is 1.36. The molecule has 4 rings (SSSR count). The summed E-state index contributed by atoms with van der Waals surface area (Å²) < 4.78 is 1.83. The number of hydrogen-bond acceptors (Lipinski definition) is 4. The topological polar surface area (TPSA) is 64.0 Å². The fourth-order valence-electron chi connectivity index (χ4n) is 3.88. The maximum atomic E-state index is 13.1. The molecule has 0 radical (unpaired) electrons. The summed E-state index contributed by atoms with van der Waals surface area (Å²) in [6.07, 6.45) is 5.06. The molecule has 2 aromatic carbocycles. The highest BCUT2D eigenvalue weighted by molar-refractivity contribution is 7.99. The number of nitrogens with one attached hydrogen (secondary N) is 1. The normalized spacial score (nSPS) is 14.3. The Bertz CT molecular complexity index is 1040. The van der Waals surface area contributed by atoms with E-state index in [1.54, 1.807) is 0 Å². The lowest BCUT2D eigenvalue weighted by Crippen LogP contribution is -2.29. The van der Waals surface area contributed by atoms with Gasteiger partial charge in [-0.25, -0.2) is 4.98 Å². The summed E-state index contributed by atoms with van der Waals surface area (Å²) in [5.74, 6) is 0.220. The van der Waals surface area contributed by atoms with Crippen molar-refractivity contribution in [1.29, 1.82) is 0 Å². The third kappa shape index (κ3) is 4.70. The molecular weight excluding hydrogens is 382 g/mol. The van der Waals surface area contributed by atoms with Crippen molar-refractivity contribution in [1.82, 2.24) is 14.9 Å². The second-order valence-electron chi connectivity index (χ2n) is 7.40. The molecule has 0 saturated heterocycles. The van der Waals surface area contributed by atoms with Crippen LogP contribution >= 0.6 is 11.8 Å². The third-order valence-corrected chi connectivity index (χ3v) is 6.33. The first kappa shape index (κ1) is 19.7. The van der Waals surface area contributed by atoms with Gasteiger partial charge >= 0.3 is 0 Å². The average Bonchev–Trinajstić information content (AvgIpc) is 3.27. The summed E-state index contributed by atoms with van der Waals surface area (Å²) in [5, 5.41) is 4.27. The highest BCUT2D eigenvalue weighted by Crippen LogP contribution is 2.32. The standard InChI is InChI=1S/C23H25N3O2S/c27-21(24-15-14-17-8-2-1-3-9-17)16-29-23-25-20-13-7-6-12-19(20)22(28)26(23)18-10-4-5-11-18/h1-3,6-9,12-13,18H,4-5,10-11,14-16H2,(H,24,27). The van der Waals surface area contributed by atoms with Crippen molar-refractivity contribution in [3.63, 3.8) is 0 Å². The second kappa shape index (κ2) is 9.27. The molecule has 0 atom stereocenters. The van der Waals surface area contributed by atoms with Crippen LogP contribution in [0, 0.1) is 0 Å². The Kier molecular flexibility index (Phi) is 6.30. The van der Waals surface area contributed by atoms with Crippen molar-refractivity contribution in [3.05, 3.63) is 70.5 Å². The molecule has 3 aromatic rings. The monoisotopic (exact) mass is 407 g/mol. The Morgan fingerprint density at radius 3 is 2.59 bits per heavy atom. The molecule has 1 amide bonds. The summed E-state index contributed by atoms with van der Waals surface area (Å²) in [5.41, 5.74) is 1.90. The first-order valence-corrected chi connectivity index (χ1v) is 11.2. The van der Waals surface area contributed by atoms with Crippen molar-refractivity contribution < 1.29 is 4.79 Å². The van der Waals surface area contributed by atoms with Gasteiger partial charge in [-0.15, -0.1) is 0 Å². The number of rotatable bonds is 7. The molecule has 1 N–H and O–H groups in total. The van der Waals surface area contributed by atoms with Crippen LogP contribution in [-0.2, 0) is 11.2 Å². The molecule has 0 unspecified atom stereocenters. The van der Waals surface area contributed by atoms with Gasteiger partial charge < -0.3 is 5.32 Å². The second-order valence-corrected chi connectivity index (χ2v) is 8.34. The fraction of sp³-hybridized carbons (Fsp3) is 0.348. The molecule has 6 heteroatoms. The van der Waals surface area contributed by atoms with Crippen LogP contribution in [0.25, 0.3) is 10.9 Å². The predicted molar refractivity (Wildman–Crippen MR) is 117 cm³/mol. The van der Waals surface area contributed by atoms with Gasteiger partial charge in [0.05, 0.1) is 16.7 Å². The predicted octanol–water partition coefficient (Wildman–Crippen LogP) is 3.96. The molecule has 0 bridgehead atoms. The van der Waals surface area contributed by atoms with Gasteiger partial charge in [-0.2, -0.15) is 0 Å². The van der Waals surface area contributed by atoms with E-state index < -0.39 is 0 Å². The zero-order chi connectivity index (χ0) is 20.1. The van der Waals surface area contributed by atoms with Crippen molar-refractivity contribution in [2.45, 2.75) is 43.3 Å². The Balaban J connectivity index is 1.46. The number of fused-ring (bicyclic) bond motifs is 1. The van der Waals surface area contributed by atoms with Crippen LogP contribution < -0.4 is 10.9 Å². The summed E-state index contributed by atoms with van der Waals surface area (Å²) in [7, 11) is 0. The molecule has 29 heavy (non-hydrogen) atoms. The minimum absolute atomic E-state index is 0.00878. The lowest BCUT2D eigenvalue weighted by Gasteiger charge is -2.18. The number of hydrogen-bond donors (Lipinski definition) is 1. The third-order valence-electron chi connectivity index (χ3n) is 5.38. The lowest BCUT2D eigenvalue weighted by atomic mass is 10.1. The van der Waals surface area contributed by atoms with E-state index in [1.165, 1.54) is 17.3 Å². The van der Waals surface area contributed by atoms with Gasteiger partial charge in [0.1, 0.15) is 0 Å². The Hall–Kier alpha value is -2.60. The van der Waals surface area contributed by atoms with Crippen LogP contribution in [0.15, 0.2) is 64.5 Å². The van der Waals surface area contributed by atoms with Gasteiger partial charge in [-0.05, 0) is 37.0 Å². The van der Waals surface area contributed by atoms with E-state index in [9.17, 15) is 9.59 Å². The highest BCUT2D eigenvalue weighted by Gasteiger charge is 2.23. The maximum Gasteiger partial charge on any atom is 0.262 e. The van der Waals surface area contributed by atoms with Crippen molar-refractivity contribution >= 4 is 28.6 Å². The van der Waals surface area contributed by atoms with Crippen molar-refractivity contribution in [2.75, 3.05) is 12.3 Å². The molecule has 1 heterocycles. The number of para-hydroxylation sites is 1. The zero-order valence-electron chi connectivity index (χ0n) is 16.3. The molecular formula is C23H25N3O2S. The SMILES string of the molecule is O=C(CSc1nc2ccccc2c(=O)n1C1CCCC1)NCCc1ccccc1. The molecule has 1 saturated carbocycles. The molecule has 1 aliphatic carbocycles. The van der Waals surface area contributed by atoms with Crippen molar-refractivity contribution in [3.8, 4) is 0 Å². The molecule has 150 valence electrons. The Labute approximate surface area is 174 Å². The van der Waals surface area contributed by atoms with E-state index in [2.05, 4.69) is 17.4 Å². The molecule has 1 fully saturated rings. The van der Waals surface area contributed by atoms with Gasteiger partial charge in [-0.3, -0.25) is 14.2 Å². The van der Waals surface area contributed by atoms with E-state index >= 15 is 0 Å². The quantitative estimate of drug-likeness (QED) is 0.476. The van der Waals surface area contributed by atoms with E-state index in [0.717, 1.165) is 32.1 Å². The smallest absolute Gasteiger partial charge is 0.262 e. The number of carbonyl (C=O) groups is 1. The van der Waals surface area contributed by atoms with Crippen LogP contribution in [0.1, 0.15) is 37.3 Å². The molecule has 0 aliphatic heterocycles. The van der Waals surface area contributed by atoms with Crippen LogP contribution in [0.4, 0.5) is 0 Å². The van der Waals surface area contributed by atoms with Crippen LogP contribution in [-0.4, -0.2) is 27.8 Å². The Morgan fingerprint density at radius 2 is 1.79 bits per heavy atom. The number of benzene rings is 2. The van der Waals surface area contributed by atoms with Crippen LogP contribution in [0.2, 0.25) is 0 Å². The molecule has 0 spiro atoms. The minimum Gasteiger partial charge on any atom is -0.355 e. The molecule has 1 aromatic heterocycles. The number of aromatic nitrogens is 2. The number of thioether (sulfide) groups is 1. The summed E-state index contributed by atoms with van der Waals surface area (Å²) in [6.45, 7) is 0.601. The lowest BCUT2D eigenvalue weighted by molar-refractivity contribution is -0.118. The van der Waals surface area contributed by atoms with Gasteiger partial charge in [-0.1, -0.05) is 67.1 Å². The molecule has 5 nitrogen and oxygen atoms in total.